The molecule has 170 valence electrons. The number of hydrogen-bond donors (Lipinski definition) is 1. The van der Waals surface area contributed by atoms with Gasteiger partial charge in [-0.3, -0.25) is 25.7 Å². The number of hydrazone groups is 1. The summed E-state index contributed by atoms with van der Waals surface area (Å²) in [6.45, 7) is 0.200. The molecule has 0 aliphatic rings. The van der Waals surface area contributed by atoms with Gasteiger partial charge in [0, 0.05) is 21.7 Å². The first-order valence-electron chi connectivity index (χ1n) is 9.25. The minimum atomic E-state index is -0.729. The standard InChI is InChI=1S/C21H16Cl2N4O6/c1-32-21-8-13(2-7-20(21)33-12-14-3-4-15(22)9-17(14)23)11-24-25-18-6-5-16(26(28)29)10-19(18)27(30)31/h2-11,25H,12H2,1H3. The van der Waals surface area contributed by atoms with Crippen molar-refractivity contribution >= 4 is 46.5 Å². The van der Waals surface area contributed by atoms with E-state index in [1.807, 2.05) is 0 Å². The van der Waals surface area contributed by atoms with Crippen molar-refractivity contribution in [1.82, 2.24) is 0 Å². The zero-order valence-corrected chi connectivity index (χ0v) is 18.5. The predicted octanol–water partition coefficient (Wildman–Crippen LogP) is 5.84. The van der Waals surface area contributed by atoms with Crippen molar-refractivity contribution in [1.29, 1.82) is 0 Å². The molecule has 12 heteroatoms. The van der Waals surface area contributed by atoms with Crippen LogP contribution in [0.4, 0.5) is 17.1 Å². The molecule has 0 saturated carbocycles. The van der Waals surface area contributed by atoms with Crippen molar-refractivity contribution in [3.63, 3.8) is 0 Å². The number of non-ortho nitro benzene ring substituents is 1. The Morgan fingerprint density at radius 3 is 2.45 bits per heavy atom. The maximum Gasteiger partial charge on any atom is 0.301 e. The molecule has 0 atom stereocenters. The molecule has 0 fully saturated rings. The van der Waals surface area contributed by atoms with Gasteiger partial charge in [0.1, 0.15) is 12.3 Å². The van der Waals surface area contributed by atoms with Gasteiger partial charge in [-0.2, -0.15) is 5.10 Å². The van der Waals surface area contributed by atoms with E-state index < -0.39 is 21.2 Å². The second-order valence-electron chi connectivity index (χ2n) is 6.52. The zero-order valence-electron chi connectivity index (χ0n) is 17.0. The average molecular weight is 491 g/mol. The molecule has 10 nitrogen and oxygen atoms in total. The zero-order chi connectivity index (χ0) is 24.0. The molecular formula is C21H16Cl2N4O6. The number of halogens is 2. The fourth-order valence-corrected chi connectivity index (χ4v) is 3.20. The Morgan fingerprint density at radius 1 is 1.00 bits per heavy atom. The van der Waals surface area contributed by atoms with Gasteiger partial charge >= 0.3 is 5.69 Å². The highest BCUT2D eigenvalue weighted by Crippen LogP contribution is 2.31. The molecule has 0 unspecified atom stereocenters. The summed E-state index contributed by atoms with van der Waals surface area (Å²) in [5.74, 6) is 0.907. The van der Waals surface area contributed by atoms with Crippen molar-refractivity contribution in [3.8, 4) is 11.5 Å². The molecule has 0 aliphatic carbocycles. The fourth-order valence-electron chi connectivity index (χ4n) is 2.73. The number of rotatable bonds is 9. The van der Waals surface area contributed by atoms with Gasteiger partial charge in [-0.1, -0.05) is 29.3 Å². The van der Waals surface area contributed by atoms with Crippen molar-refractivity contribution in [2.45, 2.75) is 6.61 Å². The van der Waals surface area contributed by atoms with Gasteiger partial charge < -0.3 is 9.47 Å². The molecule has 0 aliphatic heterocycles. The molecular weight excluding hydrogens is 475 g/mol. The average Bonchev–Trinajstić information content (AvgIpc) is 2.78. The minimum absolute atomic E-state index is 0.00797. The summed E-state index contributed by atoms with van der Waals surface area (Å²) < 4.78 is 11.2. The topological polar surface area (TPSA) is 129 Å². The first-order chi connectivity index (χ1) is 15.8. The SMILES string of the molecule is COc1cc(C=NNc2ccc([N+](=O)[O-])cc2[N+](=O)[O-])ccc1OCc1ccc(Cl)cc1Cl. The van der Waals surface area contributed by atoms with E-state index in [4.69, 9.17) is 32.7 Å². The predicted molar refractivity (Wildman–Crippen MR) is 125 cm³/mol. The molecule has 0 radical (unpaired) electrons. The molecule has 0 aromatic heterocycles. The van der Waals surface area contributed by atoms with Gasteiger partial charge in [0.25, 0.3) is 5.69 Å². The molecule has 0 heterocycles. The van der Waals surface area contributed by atoms with Crippen molar-refractivity contribution in [3.05, 3.63) is 96.0 Å². The van der Waals surface area contributed by atoms with E-state index in [1.54, 1.807) is 36.4 Å². The van der Waals surface area contributed by atoms with Gasteiger partial charge in [-0.05, 0) is 42.0 Å². The van der Waals surface area contributed by atoms with Crippen LogP contribution >= 0.6 is 23.2 Å². The summed E-state index contributed by atoms with van der Waals surface area (Å²) in [6.07, 6.45) is 1.41. The van der Waals surface area contributed by atoms with E-state index in [9.17, 15) is 20.2 Å². The number of nitro benzene ring substituents is 2. The van der Waals surface area contributed by atoms with Crippen LogP contribution in [0.2, 0.25) is 10.0 Å². The number of anilines is 1. The maximum absolute atomic E-state index is 11.2. The van der Waals surface area contributed by atoms with Gasteiger partial charge in [0.2, 0.25) is 0 Å². The van der Waals surface area contributed by atoms with E-state index >= 15 is 0 Å². The molecule has 3 aromatic carbocycles. The Morgan fingerprint density at radius 2 is 1.79 bits per heavy atom. The van der Waals surface area contributed by atoms with Crippen LogP contribution in [-0.4, -0.2) is 23.2 Å². The third-order valence-electron chi connectivity index (χ3n) is 4.37. The van der Waals surface area contributed by atoms with Crippen LogP contribution < -0.4 is 14.9 Å². The number of nitrogens with zero attached hydrogens (tertiary/aromatic N) is 3. The second-order valence-corrected chi connectivity index (χ2v) is 7.36. The Bertz CT molecular complexity index is 1240. The molecule has 3 rings (SSSR count). The minimum Gasteiger partial charge on any atom is -0.493 e. The summed E-state index contributed by atoms with van der Waals surface area (Å²) in [4.78, 5) is 20.6. The number of nitro groups is 2. The monoisotopic (exact) mass is 490 g/mol. The van der Waals surface area contributed by atoms with Crippen LogP contribution in [0.25, 0.3) is 0 Å². The summed E-state index contributed by atoms with van der Waals surface area (Å²) in [5.41, 5.74) is 3.04. The highest BCUT2D eigenvalue weighted by molar-refractivity contribution is 6.35. The van der Waals surface area contributed by atoms with Crippen molar-refractivity contribution in [2.24, 2.45) is 5.10 Å². The summed E-state index contributed by atoms with van der Waals surface area (Å²) in [5, 5.41) is 27.0. The van der Waals surface area contributed by atoms with Crippen LogP contribution in [0.1, 0.15) is 11.1 Å². The highest BCUT2D eigenvalue weighted by atomic mass is 35.5. The van der Waals surface area contributed by atoms with E-state index in [1.165, 1.54) is 19.4 Å². The van der Waals surface area contributed by atoms with E-state index in [0.717, 1.165) is 17.7 Å². The van der Waals surface area contributed by atoms with Crippen LogP contribution in [0.3, 0.4) is 0 Å². The normalized spacial score (nSPS) is 10.8. The molecule has 0 saturated heterocycles. The summed E-state index contributed by atoms with van der Waals surface area (Å²) in [7, 11) is 1.48. The lowest BCUT2D eigenvalue weighted by molar-refractivity contribution is -0.393. The van der Waals surface area contributed by atoms with Crippen LogP contribution in [0.5, 0.6) is 11.5 Å². The number of ether oxygens (including phenoxy) is 2. The number of methoxy groups -OCH3 is 1. The quantitative estimate of drug-likeness (QED) is 0.226. The number of nitrogens with one attached hydrogen (secondary N) is 1. The molecule has 0 spiro atoms. The first kappa shape index (κ1) is 23.8. The number of benzene rings is 3. The van der Waals surface area contributed by atoms with Gasteiger partial charge in [0.15, 0.2) is 11.5 Å². The number of hydrogen-bond acceptors (Lipinski definition) is 8. The highest BCUT2D eigenvalue weighted by Gasteiger charge is 2.19. The fraction of sp³-hybridized carbons (Fsp3) is 0.0952. The largest absolute Gasteiger partial charge is 0.493 e. The van der Waals surface area contributed by atoms with E-state index in [0.29, 0.717) is 27.1 Å². The molecule has 1 N–H and O–H groups in total. The Kier molecular flexibility index (Phi) is 7.65. The van der Waals surface area contributed by atoms with Crippen molar-refractivity contribution < 1.29 is 19.3 Å². The molecule has 33 heavy (non-hydrogen) atoms. The lowest BCUT2D eigenvalue weighted by Gasteiger charge is -2.12. The first-order valence-corrected chi connectivity index (χ1v) is 10.0. The van der Waals surface area contributed by atoms with Gasteiger partial charge in [0.05, 0.1) is 29.2 Å². The third-order valence-corrected chi connectivity index (χ3v) is 4.96. The Hall–Kier alpha value is -3.89. The van der Waals surface area contributed by atoms with Crippen LogP contribution in [-0.2, 0) is 6.61 Å². The third kappa shape index (κ3) is 6.09. The van der Waals surface area contributed by atoms with Gasteiger partial charge in [-0.25, -0.2) is 0 Å². The molecule has 0 amide bonds. The Labute approximate surface area is 197 Å². The lowest BCUT2D eigenvalue weighted by atomic mass is 10.2. The molecule has 0 bridgehead atoms. The van der Waals surface area contributed by atoms with E-state index in [2.05, 4.69) is 10.5 Å². The van der Waals surface area contributed by atoms with Crippen LogP contribution in [0, 0.1) is 20.2 Å². The van der Waals surface area contributed by atoms with E-state index in [-0.39, 0.29) is 12.3 Å². The summed E-state index contributed by atoms with van der Waals surface area (Å²) >= 11 is 12.1. The molecule has 3 aromatic rings. The van der Waals surface area contributed by atoms with Crippen LogP contribution in [0.15, 0.2) is 59.7 Å². The van der Waals surface area contributed by atoms with Crippen molar-refractivity contribution in [2.75, 3.05) is 12.5 Å². The lowest BCUT2D eigenvalue weighted by Crippen LogP contribution is -2.00. The second kappa shape index (κ2) is 10.6. The van der Waals surface area contributed by atoms with Gasteiger partial charge in [-0.15, -0.1) is 0 Å². The Balaban J connectivity index is 1.72. The smallest absolute Gasteiger partial charge is 0.301 e. The summed E-state index contributed by atoms with van der Waals surface area (Å²) in [6, 6.07) is 13.4. The maximum atomic E-state index is 11.2.